The van der Waals surface area contributed by atoms with Crippen LogP contribution in [0.4, 0.5) is 10.3 Å². The molecule has 0 unspecified atom stereocenters. The van der Waals surface area contributed by atoms with Gasteiger partial charge in [0.25, 0.3) is 0 Å². The summed E-state index contributed by atoms with van der Waals surface area (Å²) < 4.78 is 16.5. The molecule has 2 heterocycles. The first-order chi connectivity index (χ1) is 13.6. The van der Waals surface area contributed by atoms with E-state index in [2.05, 4.69) is 69.1 Å². The van der Waals surface area contributed by atoms with Crippen molar-refractivity contribution in [2.45, 2.75) is 13.0 Å². The van der Waals surface area contributed by atoms with Crippen molar-refractivity contribution in [1.82, 2.24) is 9.55 Å². The van der Waals surface area contributed by atoms with Gasteiger partial charge in [-0.15, -0.1) is 0 Å². The van der Waals surface area contributed by atoms with Crippen LogP contribution in [-0.2, 0) is 0 Å². The Kier molecular flexibility index (Phi) is 4.05. The second-order valence-corrected chi connectivity index (χ2v) is 7.84. The molecule has 3 aromatic carbocycles. The molecule has 0 saturated carbocycles. The van der Waals surface area contributed by atoms with Crippen LogP contribution in [0, 0.1) is 12.7 Å². The second kappa shape index (κ2) is 6.60. The Labute approximate surface area is 170 Å². The Morgan fingerprint density at radius 2 is 1.82 bits per heavy atom. The van der Waals surface area contributed by atoms with E-state index in [4.69, 9.17) is 4.98 Å². The predicted octanol–water partition coefficient (Wildman–Crippen LogP) is 6.30. The van der Waals surface area contributed by atoms with Gasteiger partial charge in [-0.2, -0.15) is 0 Å². The summed E-state index contributed by atoms with van der Waals surface area (Å²) >= 11 is 3.32. The first-order valence-corrected chi connectivity index (χ1v) is 9.87. The predicted molar refractivity (Wildman–Crippen MR) is 115 cm³/mol. The molecule has 0 bridgehead atoms. The lowest BCUT2D eigenvalue weighted by atomic mass is 10.0. The van der Waals surface area contributed by atoms with Crippen molar-refractivity contribution < 1.29 is 4.39 Å². The third kappa shape index (κ3) is 2.83. The highest BCUT2D eigenvalue weighted by Crippen LogP contribution is 2.37. The van der Waals surface area contributed by atoms with Crippen LogP contribution >= 0.6 is 15.9 Å². The van der Waals surface area contributed by atoms with E-state index in [0.29, 0.717) is 4.47 Å². The van der Waals surface area contributed by atoms with Gasteiger partial charge in [-0.3, -0.25) is 4.57 Å². The third-order valence-corrected chi connectivity index (χ3v) is 5.70. The molecule has 3 nitrogen and oxygen atoms in total. The first kappa shape index (κ1) is 17.2. The number of halogens is 2. The normalized spacial score (nSPS) is 15.8. The number of hydrogen-bond donors (Lipinski definition) is 1. The summed E-state index contributed by atoms with van der Waals surface area (Å²) in [5.41, 5.74) is 6.25. The lowest BCUT2D eigenvalue weighted by molar-refractivity contribution is 0.618. The molecule has 1 atom stereocenters. The fourth-order valence-corrected chi connectivity index (χ4v) is 4.05. The van der Waals surface area contributed by atoms with Crippen LogP contribution in [0.5, 0.6) is 0 Å². The molecule has 138 valence electrons. The maximum atomic E-state index is 13.8. The average molecular weight is 434 g/mol. The van der Waals surface area contributed by atoms with Crippen molar-refractivity contribution in [2.24, 2.45) is 0 Å². The number of aryl methyl sites for hydroxylation is 1. The molecular formula is C23H17BrFN3. The van der Waals surface area contributed by atoms with Crippen LogP contribution in [-0.4, -0.2) is 9.55 Å². The Bertz CT molecular complexity index is 1220. The summed E-state index contributed by atoms with van der Waals surface area (Å²) in [4.78, 5) is 4.79. The van der Waals surface area contributed by atoms with E-state index in [0.717, 1.165) is 33.8 Å². The Morgan fingerprint density at radius 1 is 1.04 bits per heavy atom. The Hall–Kier alpha value is -2.92. The molecule has 5 heteroatoms. The SMILES string of the molecule is Cc1ccc(C2=C[C@H](c3ccc(F)c(Br)c3)n3c(nc4ccccc43)N2)cc1. The van der Waals surface area contributed by atoms with Crippen molar-refractivity contribution in [3.8, 4) is 0 Å². The van der Waals surface area contributed by atoms with Crippen molar-refractivity contribution >= 4 is 38.6 Å². The molecule has 0 amide bonds. The van der Waals surface area contributed by atoms with Gasteiger partial charge in [0.1, 0.15) is 5.82 Å². The van der Waals surface area contributed by atoms with Crippen LogP contribution in [0.25, 0.3) is 16.7 Å². The zero-order valence-electron chi connectivity index (χ0n) is 15.2. The second-order valence-electron chi connectivity index (χ2n) is 6.98. The molecule has 1 aromatic heterocycles. The largest absolute Gasteiger partial charge is 0.325 e. The van der Waals surface area contributed by atoms with Crippen LogP contribution in [0.3, 0.4) is 0 Å². The number of hydrogen-bond acceptors (Lipinski definition) is 2. The van der Waals surface area contributed by atoms with Gasteiger partial charge in [0.15, 0.2) is 0 Å². The molecule has 1 N–H and O–H groups in total. The van der Waals surface area contributed by atoms with Gasteiger partial charge in [0.05, 0.1) is 21.5 Å². The Balaban J connectivity index is 1.72. The fraction of sp³-hybridized carbons (Fsp3) is 0.0870. The molecule has 0 spiro atoms. The summed E-state index contributed by atoms with van der Waals surface area (Å²) in [7, 11) is 0. The highest BCUT2D eigenvalue weighted by Gasteiger charge is 2.25. The monoisotopic (exact) mass is 433 g/mol. The molecule has 28 heavy (non-hydrogen) atoms. The first-order valence-electron chi connectivity index (χ1n) is 9.08. The number of aromatic nitrogens is 2. The number of fused-ring (bicyclic) bond motifs is 3. The molecule has 1 aliphatic rings. The van der Waals surface area contributed by atoms with Crippen molar-refractivity contribution in [1.29, 1.82) is 0 Å². The summed E-state index contributed by atoms with van der Waals surface area (Å²) in [6, 6.07) is 21.5. The molecule has 1 aliphatic heterocycles. The van der Waals surface area contributed by atoms with Crippen LogP contribution in [0.15, 0.2) is 77.3 Å². The number of allylic oxidation sites excluding steroid dienone is 1. The average Bonchev–Trinajstić information content (AvgIpc) is 3.08. The van der Waals surface area contributed by atoms with Gasteiger partial charge >= 0.3 is 0 Å². The highest BCUT2D eigenvalue weighted by molar-refractivity contribution is 9.10. The fourth-order valence-electron chi connectivity index (χ4n) is 3.65. The van der Waals surface area contributed by atoms with Gasteiger partial charge in [-0.1, -0.05) is 48.0 Å². The summed E-state index contributed by atoms with van der Waals surface area (Å²) in [6.45, 7) is 2.07. The number of benzene rings is 3. The molecule has 0 radical (unpaired) electrons. The quantitative estimate of drug-likeness (QED) is 0.401. The minimum atomic E-state index is -0.267. The maximum absolute atomic E-state index is 13.8. The molecule has 0 aliphatic carbocycles. The number of nitrogens with one attached hydrogen (secondary N) is 1. The van der Waals surface area contributed by atoms with E-state index < -0.39 is 0 Å². The smallest absolute Gasteiger partial charge is 0.209 e. The number of rotatable bonds is 2. The molecule has 4 aromatic rings. The van der Waals surface area contributed by atoms with E-state index in [1.165, 1.54) is 11.6 Å². The Morgan fingerprint density at radius 3 is 2.61 bits per heavy atom. The molecule has 5 rings (SSSR count). The van der Waals surface area contributed by atoms with E-state index in [-0.39, 0.29) is 11.9 Å². The highest BCUT2D eigenvalue weighted by atomic mass is 79.9. The number of anilines is 1. The van der Waals surface area contributed by atoms with Gasteiger partial charge in [0.2, 0.25) is 5.95 Å². The van der Waals surface area contributed by atoms with Crippen molar-refractivity contribution in [3.05, 3.63) is 99.8 Å². The van der Waals surface area contributed by atoms with Gasteiger partial charge < -0.3 is 5.32 Å². The standard InChI is InChI=1S/C23H17BrFN3/c1-14-6-8-15(9-7-14)20-13-22(16-10-11-18(25)17(24)12-16)28-21-5-3-2-4-19(21)26-23(28)27-20/h2-13,22H,1H3,(H,26,27)/t22-/m1/s1. The summed E-state index contributed by atoms with van der Waals surface area (Å²) in [5.74, 6) is 0.515. The van der Waals surface area contributed by atoms with E-state index in [1.54, 1.807) is 0 Å². The van der Waals surface area contributed by atoms with Gasteiger partial charge in [-0.25, -0.2) is 9.37 Å². The number of nitrogens with zero attached hydrogens (tertiary/aromatic N) is 2. The topological polar surface area (TPSA) is 29.9 Å². The summed E-state index contributed by atoms with van der Waals surface area (Å²) in [6.07, 6.45) is 2.17. The zero-order chi connectivity index (χ0) is 19.3. The number of imidazole rings is 1. The van der Waals surface area contributed by atoms with Gasteiger partial charge in [-0.05, 0) is 64.3 Å². The molecule has 0 fully saturated rings. The van der Waals surface area contributed by atoms with E-state index >= 15 is 0 Å². The summed E-state index contributed by atoms with van der Waals surface area (Å²) in [5, 5.41) is 3.48. The molecule has 0 saturated heterocycles. The minimum Gasteiger partial charge on any atom is -0.325 e. The van der Waals surface area contributed by atoms with Crippen molar-refractivity contribution in [2.75, 3.05) is 5.32 Å². The third-order valence-electron chi connectivity index (χ3n) is 5.09. The van der Waals surface area contributed by atoms with E-state index in [9.17, 15) is 4.39 Å². The number of para-hydroxylation sites is 2. The van der Waals surface area contributed by atoms with E-state index in [1.807, 2.05) is 30.3 Å². The molecular weight excluding hydrogens is 417 g/mol. The van der Waals surface area contributed by atoms with Crippen molar-refractivity contribution in [3.63, 3.8) is 0 Å². The van der Waals surface area contributed by atoms with Gasteiger partial charge in [0, 0.05) is 5.70 Å². The van der Waals surface area contributed by atoms with Crippen LogP contribution < -0.4 is 5.32 Å². The zero-order valence-corrected chi connectivity index (χ0v) is 16.7. The maximum Gasteiger partial charge on any atom is 0.209 e. The van der Waals surface area contributed by atoms with Crippen LogP contribution in [0.2, 0.25) is 0 Å². The minimum absolute atomic E-state index is 0.100. The lowest BCUT2D eigenvalue weighted by Crippen LogP contribution is -2.19. The lowest BCUT2D eigenvalue weighted by Gasteiger charge is -2.27. The van der Waals surface area contributed by atoms with Crippen LogP contribution in [0.1, 0.15) is 22.7 Å².